The number of rotatable bonds is 7. The largest absolute Gasteiger partial charge is 0.486 e. The van der Waals surface area contributed by atoms with Gasteiger partial charge in [-0.3, -0.25) is 9.52 Å². The third kappa shape index (κ3) is 5.28. The highest BCUT2D eigenvalue weighted by Gasteiger charge is 2.20. The van der Waals surface area contributed by atoms with E-state index >= 15 is 0 Å². The van der Waals surface area contributed by atoms with E-state index in [1.807, 2.05) is 12.1 Å². The van der Waals surface area contributed by atoms with Crippen molar-refractivity contribution >= 4 is 21.6 Å². The number of nitrogens with one attached hydrogen (secondary N) is 1. The van der Waals surface area contributed by atoms with Gasteiger partial charge in [0.25, 0.3) is 15.9 Å². The lowest BCUT2D eigenvalue weighted by molar-refractivity contribution is 0.0785. The van der Waals surface area contributed by atoms with E-state index in [0.717, 1.165) is 12.0 Å². The van der Waals surface area contributed by atoms with Gasteiger partial charge in [0.05, 0.1) is 4.90 Å². The van der Waals surface area contributed by atoms with E-state index < -0.39 is 10.0 Å². The monoisotopic (exact) mass is 466 g/mol. The van der Waals surface area contributed by atoms with Crippen molar-refractivity contribution in [2.75, 3.05) is 25.0 Å². The van der Waals surface area contributed by atoms with Crippen LogP contribution in [-0.2, 0) is 23.0 Å². The molecule has 1 amide bonds. The minimum absolute atomic E-state index is 0.0520. The zero-order chi connectivity index (χ0) is 23.4. The Labute approximate surface area is 194 Å². The molecule has 172 valence electrons. The zero-order valence-corrected chi connectivity index (χ0v) is 19.4. The van der Waals surface area contributed by atoms with E-state index in [2.05, 4.69) is 23.8 Å². The van der Waals surface area contributed by atoms with Crippen LogP contribution < -0.4 is 14.2 Å². The van der Waals surface area contributed by atoms with Gasteiger partial charge in [0.1, 0.15) is 13.2 Å². The molecule has 0 saturated heterocycles. The number of aryl methyl sites for hydroxylation is 1. The number of sulfonamides is 1. The van der Waals surface area contributed by atoms with Crippen LogP contribution in [0.3, 0.4) is 0 Å². The standard InChI is InChI=1S/C25H26N2O5S/c1-3-18-7-9-19(10-8-18)17-27(2)25(28)20-5-4-6-21(15-20)26-33(29,30)22-11-12-23-24(16-22)32-14-13-31-23/h4-12,15-16,26H,3,13-14,17H2,1-2H3. The van der Waals surface area contributed by atoms with Crippen molar-refractivity contribution in [1.29, 1.82) is 0 Å². The fourth-order valence-electron chi connectivity index (χ4n) is 3.57. The fraction of sp³-hybridized carbons (Fsp3) is 0.240. The number of fused-ring (bicyclic) bond motifs is 1. The van der Waals surface area contributed by atoms with Gasteiger partial charge in [-0.25, -0.2) is 8.42 Å². The van der Waals surface area contributed by atoms with E-state index in [0.29, 0.717) is 42.5 Å². The number of nitrogens with zero attached hydrogens (tertiary/aromatic N) is 1. The van der Waals surface area contributed by atoms with Gasteiger partial charge in [0.2, 0.25) is 0 Å². The van der Waals surface area contributed by atoms with Crippen LogP contribution in [0.2, 0.25) is 0 Å². The first-order valence-electron chi connectivity index (χ1n) is 10.7. The molecule has 0 spiro atoms. The maximum absolute atomic E-state index is 12.9. The highest BCUT2D eigenvalue weighted by molar-refractivity contribution is 7.92. The minimum atomic E-state index is -3.88. The van der Waals surface area contributed by atoms with Gasteiger partial charge in [-0.1, -0.05) is 37.3 Å². The molecule has 0 unspecified atom stereocenters. The molecular formula is C25H26N2O5S. The first-order valence-corrected chi connectivity index (χ1v) is 12.2. The van der Waals surface area contributed by atoms with Gasteiger partial charge < -0.3 is 14.4 Å². The molecule has 0 saturated carbocycles. The first-order chi connectivity index (χ1) is 15.9. The summed E-state index contributed by atoms with van der Waals surface area (Å²) >= 11 is 0. The molecule has 0 atom stereocenters. The molecule has 0 radical (unpaired) electrons. The second-order valence-corrected chi connectivity index (χ2v) is 9.51. The highest BCUT2D eigenvalue weighted by atomic mass is 32.2. The molecule has 7 nitrogen and oxygen atoms in total. The SMILES string of the molecule is CCc1ccc(CN(C)C(=O)c2cccc(NS(=O)(=O)c3ccc4c(c3)OCCO4)c2)cc1. The molecule has 4 rings (SSSR count). The summed E-state index contributed by atoms with van der Waals surface area (Å²) in [5, 5.41) is 0. The van der Waals surface area contributed by atoms with E-state index in [1.54, 1.807) is 36.2 Å². The lowest BCUT2D eigenvalue weighted by Gasteiger charge is -2.19. The Bertz CT molecular complexity index is 1260. The lowest BCUT2D eigenvalue weighted by atomic mass is 10.1. The normalized spacial score (nSPS) is 12.8. The minimum Gasteiger partial charge on any atom is -0.486 e. The van der Waals surface area contributed by atoms with Gasteiger partial charge in [0.15, 0.2) is 11.5 Å². The highest BCUT2D eigenvalue weighted by Crippen LogP contribution is 2.32. The molecule has 0 bridgehead atoms. The van der Waals surface area contributed by atoms with Crippen molar-refractivity contribution in [3.8, 4) is 11.5 Å². The third-order valence-electron chi connectivity index (χ3n) is 5.38. The molecule has 0 aliphatic carbocycles. The molecule has 1 N–H and O–H groups in total. The summed E-state index contributed by atoms with van der Waals surface area (Å²) in [6.45, 7) is 3.34. The van der Waals surface area contributed by atoms with Crippen LogP contribution in [-0.4, -0.2) is 39.5 Å². The fourth-order valence-corrected chi connectivity index (χ4v) is 4.63. The summed E-state index contributed by atoms with van der Waals surface area (Å²) in [4.78, 5) is 14.6. The van der Waals surface area contributed by atoms with Gasteiger partial charge >= 0.3 is 0 Å². The Balaban J connectivity index is 1.48. The van der Waals surface area contributed by atoms with Crippen LogP contribution in [0.4, 0.5) is 5.69 Å². The maximum atomic E-state index is 12.9. The summed E-state index contributed by atoms with van der Waals surface area (Å²) in [6, 6.07) is 19.1. The Morgan fingerprint density at radius 3 is 2.36 bits per heavy atom. The number of benzene rings is 3. The van der Waals surface area contributed by atoms with Crippen LogP contribution in [0.5, 0.6) is 11.5 Å². The average molecular weight is 467 g/mol. The molecule has 1 aliphatic heterocycles. The Hall–Kier alpha value is -3.52. The predicted molar refractivity (Wildman–Crippen MR) is 126 cm³/mol. The number of ether oxygens (including phenoxy) is 2. The smallest absolute Gasteiger partial charge is 0.262 e. The predicted octanol–water partition coefficient (Wildman–Crippen LogP) is 4.09. The molecule has 33 heavy (non-hydrogen) atoms. The van der Waals surface area contributed by atoms with Crippen LogP contribution in [0.25, 0.3) is 0 Å². The zero-order valence-electron chi connectivity index (χ0n) is 18.6. The van der Waals surface area contributed by atoms with Crippen molar-refractivity contribution in [1.82, 2.24) is 4.90 Å². The molecule has 3 aromatic rings. The summed E-state index contributed by atoms with van der Waals surface area (Å²) in [5.41, 5.74) is 2.96. The average Bonchev–Trinajstić information content (AvgIpc) is 2.83. The molecule has 1 heterocycles. The Kier molecular flexibility index (Phi) is 6.55. The Morgan fingerprint density at radius 1 is 0.939 bits per heavy atom. The molecule has 8 heteroatoms. The van der Waals surface area contributed by atoms with Crippen LogP contribution >= 0.6 is 0 Å². The van der Waals surface area contributed by atoms with Crippen LogP contribution in [0.15, 0.2) is 71.6 Å². The first kappa shape index (κ1) is 22.7. The summed E-state index contributed by atoms with van der Waals surface area (Å²) in [6.07, 6.45) is 0.962. The molecule has 0 fully saturated rings. The quantitative estimate of drug-likeness (QED) is 0.567. The van der Waals surface area contributed by atoms with Crippen LogP contribution in [0, 0.1) is 0 Å². The number of amides is 1. The maximum Gasteiger partial charge on any atom is 0.262 e. The molecule has 0 aromatic heterocycles. The molecule has 1 aliphatic rings. The summed E-state index contributed by atoms with van der Waals surface area (Å²) < 4.78 is 39.3. The van der Waals surface area contributed by atoms with Crippen molar-refractivity contribution in [3.05, 3.63) is 83.4 Å². The molecular weight excluding hydrogens is 440 g/mol. The van der Waals surface area contributed by atoms with E-state index in [4.69, 9.17) is 9.47 Å². The van der Waals surface area contributed by atoms with Crippen molar-refractivity contribution in [2.24, 2.45) is 0 Å². The number of carbonyl (C=O) groups is 1. The van der Waals surface area contributed by atoms with Crippen molar-refractivity contribution < 1.29 is 22.7 Å². The van der Waals surface area contributed by atoms with Gasteiger partial charge in [-0.05, 0) is 47.9 Å². The number of carbonyl (C=O) groups excluding carboxylic acids is 1. The molecule has 3 aromatic carbocycles. The Morgan fingerprint density at radius 2 is 1.64 bits per heavy atom. The number of hydrogen-bond donors (Lipinski definition) is 1. The van der Waals surface area contributed by atoms with E-state index in [1.165, 1.54) is 23.8 Å². The van der Waals surface area contributed by atoms with E-state index in [-0.39, 0.29) is 10.8 Å². The third-order valence-corrected chi connectivity index (χ3v) is 6.76. The van der Waals surface area contributed by atoms with Crippen LogP contribution in [0.1, 0.15) is 28.4 Å². The second kappa shape index (κ2) is 9.54. The van der Waals surface area contributed by atoms with E-state index in [9.17, 15) is 13.2 Å². The van der Waals surface area contributed by atoms with Gasteiger partial charge in [-0.2, -0.15) is 0 Å². The number of hydrogen-bond acceptors (Lipinski definition) is 5. The summed E-state index contributed by atoms with van der Waals surface area (Å²) in [5.74, 6) is 0.705. The van der Waals surface area contributed by atoms with Gasteiger partial charge in [0, 0.05) is 30.9 Å². The number of anilines is 1. The van der Waals surface area contributed by atoms with Crippen molar-refractivity contribution in [2.45, 2.75) is 24.8 Å². The van der Waals surface area contributed by atoms with Crippen molar-refractivity contribution in [3.63, 3.8) is 0 Å². The summed E-state index contributed by atoms with van der Waals surface area (Å²) in [7, 11) is -2.15. The topological polar surface area (TPSA) is 84.9 Å². The van der Waals surface area contributed by atoms with Gasteiger partial charge in [-0.15, -0.1) is 0 Å². The second-order valence-electron chi connectivity index (χ2n) is 7.82. The lowest BCUT2D eigenvalue weighted by Crippen LogP contribution is -2.26.